The third-order valence-electron chi connectivity index (χ3n) is 7.28. The van der Waals surface area contributed by atoms with Crippen LogP contribution in [0.1, 0.15) is 41.5 Å². The lowest BCUT2D eigenvalue weighted by Gasteiger charge is -2.65. The third kappa shape index (κ3) is 4.41. The van der Waals surface area contributed by atoms with E-state index >= 15 is 0 Å². The number of rotatable bonds is 4. The molecule has 0 saturated heterocycles. The Balaban J connectivity index is 2.58. The van der Waals surface area contributed by atoms with Crippen LogP contribution in [0, 0.1) is 0 Å². The normalized spacial score (nSPS) is 13.6. The van der Waals surface area contributed by atoms with Crippen molar-refractivity contribution in [2.45, 2.75) is 77.8 Å². The van der Waals surface area contributed by atoms with Gasteiger partial charge >= 0.3 is 0 Å². The van der Waals surface area contributed by atoms with Crippen molar-refractivity contribution in [3.8, 4) is 11.1 Å². The number of hydrogen-bond acceptors (Lipinski definition) is 0. The van der Waals surface area contributed by atoms with Gasteiger partial charge in [-0.2, -0.15) is 0 Å². The van der Waals surface area contributed by atoms with Crippen LogP contribution in [0.5, 0.6) is 0 Å². The summed E-state index contributed by atoms with van der Waals surface area (Å²) in [6, 6.07) is 20.5. The summed E-state index contributed by atoms with van der Waals surface area (Å²) in [5.41, 5.74) is 2.66. The zero-order valence-corrected chi connectivity index (χ0v) is 22.2. The van der Waals surface area contributed by atoms with Crippen molar-refractivity contribution >= 4 is 28.2 Å². The second-order valence-electron chi connectivity index (χ2n) is 11.1. The van der Waals surface area contributed by atoms with E-state index in [9.17, 15) is 0 Å². The zero-order chi connectivity index (χ0) is 20.7. The molecule has 0 unspecified atom stereocenters. The highest BCUT2D eigenvalue weighted by atomic mass is 29.6. The van der Waals surface area contributed by atoms with Crippen LogP contribution in [0.3, 0.4) is 0 Å². The Morgan fingerprint density at radius 1 is 0.556 bits per heavy atom. The van der Waals surface area contributed by atoms with Gasteiger partial charge in [0.15, 0.2) is 0 Å². The van der Waals surface area contributed by atoms with Crippen LogP contribution in [0.15, 0.2) is 54.6 Å². The summed E-state index contributed by atoms with van der Waals surface area (Å²) in [4.78, 5) is 0. The third-order valence-corrected chi connectivity index (χ3v) is 43.2. The summed E-state index contributed by atoms with van der Waals surface area (Å²) in [6.45, 7) is 25.7. The van der Waals surface area contributed by atoms with Crippen LogP contribution in [0.2, 0.25) is 36.3 Å². The van der Waals surface area contributed by atoms with Gasteiger partial charge in [0.25, 0.3) is 0 Å². The standard InChI is InChI=1S/C24H39Si3/c1-23(2,3)26(7,8)25(27(9,10)24(4,5)6)22-18-16-21(17-19-22)20-14-12-11-13-15-20/h11-19H,1-10H3/q-1. The second kappa shape index (κ2) is 7.49. The molecule has 0 atom stereocenters. The lowest BCUT2D eigenvalue weighted by Crippen LogP contribution is -2.73. The maximum absolute atomic E-state index is 2.67. The molecule has 2 aromatic rings. The predicted molar refractivity (Wildman–Crippen MR) is 132 cm³/mol. The van der Waals surface area contributed by atoms with Crippen molar-refractivity contribution in [3.05, 3.63) is 54.6 Å². The monoisotopic (exact) mass is 411 g/mol. The molecular weight excluding hydrogens is 373 g/mol. The molecule has 0 aliphatic carbocycles. The minimum Gasteiger partial charge on any atom is -0.279 e. The van der Waals surface area contributed by atoms with Gasteiger partial charge in [-0.05, 0) is 11.1 Å². The summed E-state index contributed by atoms with van der Waals surface area (Å²) in [5.74, 6) is 0. The summed E-state index contributed by atoms with van der Waals surface area (Å²) in [6.07, 6.45) is 0. The van der Waals surface area contributed by atoms with Gasteiger partial charge in [0, 0.05) is 0 Å². The summed E-state index contributed by atoms with van der Waals surface area (Å²) >= 11 is 0. The van der Waals surface area contributed by atoms with Crippen LogP contribution in [0.25, 0.3) is 11.1 Å². The number of hydrogen-bond donors (Lipinski definition) is 0. The van der Waals surface area contributed by atoms with Crippen molar-refractivity contribution in [3.63, 3.8) is 0 Å². The van der Waals surface area contributed by atoms with E-state index in [1.54, 1.807) is 5.19 Å². The molecule has 0 spiro atoms. The molecule has 0 saturated carbocycles. The lowest BCUT2D eigenvalue weighted by atomic mass is 10.1. The largest absolute Gasteiger partial charge is 0.279 e. The first-order valence-corrected chi connectivity index (χ1v) is 19.7. The SMILES string of the molecule is CC(C)(C)[Si](C)(C)[Si-](c1ccc(-c2ccccc2)cc1)[Si](C)(C)C(C)(C)C. The molecule has 0 aliphatic rings. The summed E-state index contributed by atoms with van der Waals surface area (Å²) in [5, 5.41) is 2.53. The first-order chi connectivity index (χ1) is 12.2. The van der Waals surface area contributed by atoms with E-state index in [-0.39, 0.29) is 0 Å². The van der Waals surface area contributed by atoms with Crippen molar-refractivity contribution in [1.82, 2.24) is 0 Å². The molecule has 0 N–H and O–H groups in total. The fourth-order valence-electron chi connectivity index (χ4n) is 3.71. The van der Waals surface area contributed by atoms with Crippen LogP contribution >= 0.6 is 0 Å². The molecule has 27 heavy (non-hydrogen) atoms. The van der Waals surface area contributed by atoms with Crippen molar-refractivity contribution in [1.29, 1.82) is 0 Å². The van der Waals surface area contributed by atoms with E-state index in [4.69, 9.17) is 0 Å². The Kier molecular flexibility index (Phi) is 6.21. The molecule has 0 bridgehead atoms. The quantitative estimate of drug-likeness (QED) is 0.465. The average Bonchev–Trinajstić information content (AvgIpc) is 2.54. The highest BCUT2D eigenvalue weighted by Crippen LogP contribution is 2.46. The van der Waals surface area contributed by atoms with E-state index in [1.165, 1.54) is 11.1 Å². The Labute approximate surface area is 171 Å². The van der Waals surface area contributed by atoms with Gasteiger partial charge in [-0.3, -0.25) is 7.83 Å². The zero-order valence-electron chi connectivity index (χ0n) is 19.2. The summed E-state index contributed by atoms with van der Waals surface area (Å²) < 4.78 is 0. The molecule has 0 fully saturated rings. The van der Waals surface area contributed by atoms with E-state index in [2.05, 4.69) is 122 Å². The van der Waals surface area contributed by atoms with E-state index in [1.807, 2.05) is 0 Å². The molecule has 3 heteroatoms. The molecule has 0 aliphatic heterocycles. The molecule has 0 radical (unpaired) electrons. The molecular formula is C24H39Si3-. The molecule has 0 nitrogen and oxygen atoms in total. The molecule has 2 aromatic carbocycles. The molecule has 148 valence electrons. The van der Waals surface area contributed by atoms with Gasteiger partial charge in [0.05, 0.1) is 0 Å². The first kappa shape index (κ1) is 22.4. The minimum atomic E-state index is -1.45. The van der Waals surface area contributed by atoms with Gasteiger partial charge < -0.3 is 0 Å². The van der Waals surface area contributed by atoms with Gasteiger partial charge in [-0.25, -0.2) is 5.19 Å². The van der Waals surface area contributed by atoms with Gasteiger partial charge in [-0.1, -0.05) is 148 Å². The minimum absolute atomic E-state index is 0.426. The Morgan fingerprint density at radius 3 is 1.30 bits per heavy atom. The Morgan fingerprint density at radius 2 is 0.926 bits per heavy atom. The smallest absolute Gasteiger partial charge is 0.0184 e. The van der Waals surface area contributed by atoms with Crippen molar-refractivity contribution in [2.75, 3.05) is 0 Å². The fraction of sp³-hybridized carbons (Fsp3) is 0.500. The molecule has 2 rings (SSSR count). The number of benzene rings is 2. The van der Waals surface area contributed by atoms with Crippen molar-refractivity contribution < 1.29 is 0 Å². The van der Waals surface area contributed by atoms with Crippen LogP contribution in [-0.2, 0) is 0 Å². The van der Waals surface area contributed by atoms with Crippen LogP contribution in [0.4, 0.5) is 0 Å². The second-order valence-corrected chi connectivity index (χ2v) is 33.9. The van der Waals surface area contributed by atoms with Gasteiger partial charge in [0.1, 0.15) is 0 Å². The average molecular weight is 412 g/mol. The molecule has 0 aromatic heterocycles. The van der Waals surface area contributed by atoms with E-state index < -0.39 is 23.0 Å². The van der Waals surface area contributed by atoms with Gasteiger partial charge in [0.2, 0.25) is 0 Å². The lowest BCUT2D eigenvalue weighted by molar-refractivity contribution is 0.727. The van der Waals surface area contributed by atoms with E-state index in [0.717, 1.165) is 0 Å². The Hall–Kier alpha value is -0.909. The topological polar surface area (TPSA) is 0 Å². The van der Waals surface area contributed by atoms with Gasteiger partial charge in [-0.15, -0.1) is 0 Å². The molecule has 0 amide bonds. The van der Waals surface area contributed by atoms with Crippen molar-refractivity contribution in [2.24, 2.45) is 0 Å². The highest BCUT2D eigenvalue weighted by Gasteiger charge is 2.43. The molecule has 0 heterocycles. The Bertz CT molecular complexity index is 719. The van der Waals surface area contributed by atoms with E-state index in [0.29, 0.717) is 10.1 Å². The summed E-state index contributed by atoms with van der Waals surface area (Å²) in [7, 11) is -3.52. The first-order valence-electron chi connectivity index (χ1n) is 10.2. The van der Waals surface area contributed by atoms with Crippen LogP contribution < -0.4 is 5.19 Å². The fourth-order valence-corrected chi connectivity index (χ4v) is 44.0. The highest BCUT2D eigenvalue weighted by molar-refractivity contribution is 7.65. The van der Waals surface area contributed by atoms with Crippen LogP contribution in [-0.4, -0.2) is 23.0 Å². The maximum Gasteiger partial charge on any atom is -0.0184 e. The predicted octanol–water partition coefficient (Wildman–Crippen LogP) is 7.23. The maximum atomic E-state index is 2.67.